The largest absolute Gasteiger partial charge is 0.394 e. The highest BCUT2D eigenvalue weighted by Crippen LogP contribution is 2.53. The third-order valence-electron chi connectivity index (χ3n) is 5.99. The van der Waals surface area contributed by atoms with Gasteiger partial charge in [-0.05, 0) is 33.6 Å². The van der Waals surface area contributed by atoms with Gasteiger partial charge in [-0.25, -0.2) is 0 Å². The van der Waals surface area contributed by atoms with Gasteiger partial charge in [0.25, 0.3) is 0 Å². The summed E-state index contributed by atoms with van der Waals surface area (Å²) in [5.74, 6) is 0. The smallest absolute Gasteiger partial charge is 0.187 e. The highest BCUT2D eigenvalue weighted by molar-refractivity contribution is 5.12. The predicted molar refractivity (Wildman–Crippen MR) is 81.0 cm³/mol. The van der Waals surface area contributed by atoms with Crippen molar-refractivity contribution < 1.29 is 39.7 Å². The molecule has 3 aliphatic heterocycles. The van der Waals surface area contributed by atoms with E-state index in [1.165, 1.54) is 0 Å². The van der Waals surface area contributed by atoms with Crippen LogP contribution in [0.3, 0.4) is 0 Å². The van der Waals surface area contributed by atoms with Crippen molar-refractivity contribution >= 4 is 0 Å². The molecular formula is C16H28O8. The van der Waals surface area contributed by atoms with Gasteiger partial charge >= 0.3 is 0 Å². The molecule has 5 N–H and O–H groups in total. The van der Waals surface area contributed by atoms with Crippen molar-refractivity contribution in [1.29, 1.82) is 0 Å². The zero-order valence-corrected chi connectivity index (χ0v) is 14.3. The Hall–Kier alpha value is -0.320. The normalized spacial score (nSPS) is 54.0. The van der Waals surface area contributed by atoms with Crippen molar-refractivity contribution in [1.82, 2.24) is 0 Å². The Morgan fingerprint density at radius 1 is 1.04 bits per heavy atom. The summed E-state index contributed by atoms with van der Waals surface area (Å²) in [5.41, 5.74) is -2.43. The average Bonchev–Trinajstić information content (AvgIpc) is 2.50. The Labute approximate surface area is 141 Å². The summed E-state index contributed by atoms with van der Waals surface area (Å²) in [6.45, 7) is 5.06. The van der Waals surface area contributed by atoms with Crippen molar-refractivity contribution in [3.8, 4) is 0 Å². The molecule has 3 heterocycles. The first-order chi connectivity index (χ1) is 11.0. The number of aliphatic hydroxyl groups is 5. The average molecular weight is 348 g/mol. The summed E-state index contributed by atoms with van der Waals surface area (Å²) in [7, 11) is 0. The van der Waals surface area contributed by atoms with E-state index in [-0.39, 0.29) is 0 Å². The van der Waals surface area contributed by atoms with Crippen LogP contribution in [0.1, 0.15) is 40.0 Å². The number of fused-ring (bicyclic) bond motifs is 3. The predicted octanol–water partition coefficient (Wildman–Crippen LogP) is -1.35. The molecule has 140 valence electrons. The van der Waals surface area contributed by atoms with Gasteiger partial charge in [0.1, 0.15) is 24.4 Å². The first kappa shape index (κ1) is 18.5. The lowest BCUT2D eigenvalue weighted by Crippen LogP contribution is -2.72. The van der Waals surface area contributed by atoms with Crippen LogP contribution >= 0.6 is 0 Å². The van der Waals surface area contributed by atoms with E-state index in [1.54, 1.807) is 0 Å². The lowest BCUT2D eigenvalue weighted by Gasteiger charge is -2.62. The molecule has 0 aromatic carbocycles. The molecule has 2 bridgehead atoms. The first-order valence-corrected chi connectivity index (χ1v) is 8.41. The van der Waals surface area contributed by atoms with E-state index in [2.05, 4.69) is 0 Å². The molecule has 0 radical (unpaired) electrons. The van der Waals surface area contributed by atoms with Crippen LogP contribution in [-0.2, 0) is 14.2 Å². The van der Waals surface area contributed by atoms with Crippen LogP contribution in [0.2, 0.25) is 0 Å². The van der Waals surface area contributed by atoms with Crippen molar-refractivity contribution in [2.75, 3.05) is 6.61 Å². The maximum atomic E-state index is 10.9. The molecule has 24 heavy (non-hydrogen) atoms. The van der Waals surface area contributed by atoms with Crippen LogP contribution in [0, 0.1) is 0 Å². The molecule has 3 saturated heterocycles. The fourth-order valence-corrected chi connectivity index (χ4v) is 4.12. The van der Waals surface area contributed by atoms with Crippen LogP contribution in [0.15, 0.2) is 0 Å². The Balaban J connectivity index is 1.76. The number of rotatable bonds is 3. The van der Waals surface area contributed by atoms with Crippen LogP contribution in [-0.4, -0.2) is 85.8 Å². The van der Waals surface area contributed by atoms with Crippen molar-refractivity contribution in [2.45, 2.75) is 93.6 Å². The van der Waals surface area contributed by atoms with Gasteiger partial charge in [-0.3, -0.25) is 0 Å². The van der Waals surface area contributed by atoms with Gasteiger partial charge < -0.3 is 39.7 Å². The second kappa shape index (κ2) is 5.85. The van der Waals surface area contributed by atoms with E-state index in [0.717, 1.165) is 0 Å². The van der Waals surface area contributed by atoms with E-state index in [1.807, 2.05) is 20.8 Å². The fourth-order valence-electron chi connectivity index (χ4n) is 4.12. The lowest BCUT2D eigenvalue weighted by atomic mass is 9.64. The molecular weight excluding hydrogens is 320 g/mol. The first-order valence-electron chi connectivity index (χ1n) is 8.41. The van der Waals surface area contributed by atoms with Crippen molar-refractivity contribution in [2.24, 2.45) is 0 Å². The maximum absolute atomic E-state index is 10.9. The van der Waals surface area contributed by atoms with E-state index < -0.39 is 60.2 Å². The molecule has 8 atom stereocenters. The van der Waals surface area contributed by atoms with Crippen molar-refractivity contribution in [3.05, 3.63) is 0 Å². The molecule has 4 fully saturated rings. The Bertz CT molecular complexity index is 483. The third kappa shape index (κ3) is 2.69. The molecule has 1 saturated carbocycles. The minimum atomic E-state index is -1.49. The summed E-state index contributed by atoms with van der Waals surface area (Å²) in [6.07, 6.45) is -5.69. The molecule has 1 aliphatic carbocycles. The quantitative estimate of drug-likeness (QED) is 0.424. The monoisotopic (exact) mass is 348 g/mol. The second-order valence-corrected chi connectivity index (χ2v) is 7.98. The van der Waals surface area contributed by atoms with Gasteiger partial charge in [-0.15, -0.1) is 0 Å². The molecule has 0 aromatic heterocycles. The van der Waals surface area contributed by atoms with Crippen LogP contribution < -0.4 is 0 Å². The summed E-state index contributed by atoms with van der Waals surface area (Å²) >= 11 is 0. The van der Waals surface area contributed by atoms with E-state index in [0.29, 0.717) is 19.3 Å². The Morgan fingerprint density at radius 2 is 1.71 bits per heavy atom. The summed E-state index contributed by atoms with van der Waals surface area (Å²) in [4.78, 5) is 0. The third-order valence-corrected chi connectivity index (χ3v) is 5.99. The Kier molecular flexibility index (Phi) is 4.50. The highest BCUT2D eigenvalue weighted by Gasteiger charge is 2.63. The standard InChI is InChI=1S/C16H28O8/c1-14(2)16(21)5-4-15(3,24-14)9(6-16)23-13-12(20)11(19)10(18)8(7-17)22-13/h8-13,17-21H,4-7H2,1-3H3/t8-,9+,10-,11+,12-,13+,15+,16+/m1/s1. The minimum Gasteiger partial charge on any atom is -0.394 e. The highest BCUT2D eigenvalue weighted by atomic mass is 16.7. The van der Waals surface area contributed by atoms with Gasteiger partial charge in [0.05, 0.1) is 29.5 Å². The summed E-state index contributed by atoms with van der Waals surface area (Å²) < 4.78 is 17.3. The number of ether oxygens (including phenoxy) is 3. The molecule has 0 unspecified atom stereocenters. The molecule has 8 nitrogen and oxygen atoms in total. The molecule has 0 aromatic rings. The van der Waals surface area contributed by atoms with Gasteiger partial charge in [0.2, 0.25) is 0 Å². The van der Waals surface area contributed by atoms with Crippen LogP contribution in [0.5, 0.6) is 0 Å². The Morgan fingerprint density at radius 3 is 2.29 bits per heavy atom. The molecule has 0 amide bonds. The molecule has 0 spiro atoms. The zero-order valence-electron chi connectivity index (χ0n) is 14.3. The number of hydrogen-bond donors (Lipinski definition) is 5. The topological polar surface area (TPSA) is 129 Å². The van der Waals surface area contributed by atoms with E-state index in [9.17, 15) is 25.5 Å². The molecule has 8 heteroatoms. The number of hydrogen-bond acceptors (Lipinski definition) is 8. The minimum absolute atomic E-state index is 0.311. The molecule has 4 rings (SSSR count). The fraction of sp³-hybridized carbons (Fsp3) is 1.00. The van der Waals surface area contributed by atoms with Gasteiger partial charge in [0.15, 0.2) is 6.29 Å². The van der Waals surface area contributed by atoms with Crippen molar-refractivity contribution in [3.63, 3.8) is 0 Å². The second-order valence-electron chi connectivity index (χ2n) is 7.98. The van der Waals surface area contributed by atoms with E-state index >= 15 is 0 Å². The van der Waals surface area contributed by atoms with Crippen LogP contribution in [0.25, 0.3) is 0 Å². The lowest BCUT2D eigenvalue weighted by molar-refractivity contribution is -0.377. The van der Waals surface area contributed by atoms with Gasteiger partial charge in [-0.1, -0.05) is 0 Å². The van der Waals surface area contributed by atoms with E-state index in [4.69, 9.17) is 14.2 Å². The summed E-state index contributed by atoms with van der Waals surface area (Å²) in [5, 5.41) is 50.0. The zero-order chi connectivity index (χ0) is 17.9. The van der Waals surface area contributed by atoms with Crippen LogP contribution in [0.4, 0.5) is 0 Å². The maximum Gasteiger partial charge on any atom is 0.187 e. The van der Waals surface area contributed by atoms with Gasteiger partial charge in [-0.2, -0.15) is 0 Å². The molecule has 4 aliphatic rings. The SMILES string of the molecule is CC1(C)O[C@@]2(C)CC[C@]1(O)C[C@@H]2O[C@@H]1O[C@H](CO)[C@@H](O)[C@H](O)[C@H]1O. The summed E-state index contributed by atoms with van der Waals surface area (Å²) in [6, 6.07) is 0. The van der Waals surface area contributed by atoms with Gasteiger partial charge in [0, 0.05) is 6.42 Å². The number of aliphatic hydroxyl groups excluding tert-OH is 4.